The fraction of sp³-hybridized carbons (Fsp3) is 0.538. The summed E-state index contributed by atoms with van der Waals surface area (Å²) in [6, 6.07) is 4.34. The summed E-state index contributed by atoms with van der Waals surface area (Å²) < 4.78 is 26.4. The van der Waals surface area contributed by atoms with Gasteiger partial charge in [-0.15, -0.1) is 0 Å². The van der Waals surface area contributed by atoms with Crippen molar-refractivity contribution >= 4 is 0 Å². The molecule has 1 aromatic carbocycles. The number of halogens is 2. The van der Waals surface area contributed by atoms with Crippen LogP contribution in [0.5, 0.6) is 5.75 Å². The van der Waals surface area contributed by atoms with E-state index in [9.17, 15) is 13.9 Å². The molecular weight excluding hydrogens is 224 g/mol. The number of rotatable bonds is 3. The Morgan fingerprint density at radius 1 is 1.47 bits per heavy atom. The Kier molecular flexibility index (Phi) is 3.33. The van der Waals surface area contributed by atoms with Crippen LogP contribution in [-0.2, 0) is 12.3 Å². The normalized spacial score (nSPS) is 20.8. The summed E-state index contributed by atoms with van der Waals surface area (Å²) >= 11 is 0. The second-order valence-corrected chi connectivity index (χ2v) is 4.73. The van der Waals surface area contributed by atoms with Crippen LogP contribution in [-0.4, -0.2) is 17.7 Å². The third kappa shape index (κ3) is 2.94. The SMILES string of the molecule is CC(F)(F)c1ccc(O)c(CC2CCCN2)c1. The summed E-state index contributed by atoms with van der Waals surface area (Å²) in [6.07, 6.45) is 2.75. The number of hydrogen-bond acceptors (Lipinski definition) is 2. The van der Waals surface area contributed by atoms with Crippen LogP contribution in [0.3, 0.4) is 0 Å². The quantitative estimate of drug-likeness (QED) is 0.852. The van der Waals surface area contributed by atoms with E-state index in [0.717, 1.165) is 26.3 Å². The Morgan fingerprint density at radius 3 is 2.82 bits per heavy atom. The molecule has 2 nitrogen and oxygen atoms in total. The van der Waals surface area contributed by atoms with Crippen LogP contribution in [0, 0.1) is 0 Å². The summed E-state index contributed by atoms with van der Waals surface area (Å²) in [7, 11) is 0. The van der Waals surface area contributed by atoms with Gasteiger partial charge in [0.05, 0.1) is 0 Å². The summed E-state index contributed by atoms with van der Waals surface area (Å²) in [5.41, 5.74) is 0.562. The average molecular weight is 241 g/mol. The molecule has 1 aliphatic heterocycles. The molecule has 17 heavy (non-hydrogen) atoms. The lowest BCUT2D eigenvalue weighted by Gasteiger charge is -2.15. The van der Waals surface area contributed by atoms with Gasteiger partial charge in [-0.3, -0.25) is 0 Å². The van der Waals surface area contributed by atoms with Gasteiger partial charge in [-0.05, 0) is 49.6 Å². The number of nitrogens with one attached hydrogen (secondary N) is 1. The number of aromatic hydroxyl groups is 1. The van der Waals surface area contributed by atoms with Crippen LogP contribution in [0.1, 0.15) is 30.9 Å². The third-order valence-electron chi connectivity index (χ3n) is 3.22. The molecule has 0 aromatic heterocycles. The lowest BCUT2D eigenvalue weighted by Crippen LogP contribution is -2.23. The summed E-state index contributed by atoms with van der Waals surface area (Å²) in [6.45, 7) is 1.84. The van der Waals surface area contributed by atoms with Crippen LogP contribution in [0.4, 0.5) is 8.78 Å². The van der Waals surface area contributed by atoms with E-state index < -0.39 is 5.92 Å². The molecule has 0 spiro atoms. The largest absolute Gasteiger partial charge is 0.508 e. The molecule has 0 bridgehead atoms. The standard InChI is InChI=1S/C13H17F2NO/c1-13(14,15)10-4-5-12(17)9(7-10)8-11-3-2-6-16-11/h4-5,7,11,16-17H,2-3,6,8H2,1H3. The van der Waals surface area contributed by atoms with Gasteiger partial charge in [0, 0.05) is 18.5 Å². The van der Waals surface area contributed by atoms with Crippen molar-refractivity contribution in [2.24, 2.45) is 0 Å². The molecule has 94 valence electrons. The van der Waals surface area contributed by atoms with Gasteiger partial charge in [-0.25, -0.2) is 8.78 Å². The van der Waals surface area contributed by atoms with Crippen LogP contribution < -0.4 is 5.32 Å². The van der Waals surface area contributed by atoms with Crippen molar-refractivity contribution in [1.82, 2.24) is 5.32 Å². The Labute approximate surface area is 99.7 Å². The van der Waals surface area contributed by atoms with Crippen LogP contribution >= 0.6 is 0 Å². The van der Waals surface area contributed by atoms with E-state index in [1.54, 1.807) is 0 Å². The molecule has 0 amide bonds. The van der Waals surface area contributed by atoms with Crippen molar-refractivity contribution in [3.63, 3.8) is 0 Å². The highest BCUT2D eigenvalue weighted by Gasteiger charge is 2.25. The lowest BCUT2D eigenvalue weighted by atomic mass is 9.99. The highest BCUT2D eigenvalue weighted by molar-refractivity contribution is 5.38. The number of phenols is 1. The van der Waals surface area contributed by atoms with E-state index in [-0.39, 0.29) is 11.3 Å². The monoisotopic (exact) mass is 241 g/mol. The van der Waals surface area contributed by atoms with Crippen LogP contribution in [0.2, 0.25) is 0 Å². The van der Waals surface area contributed by atoms with Crippen molar-refractivity contribution in [2.75, 3.05) is 6.54 Å². The van der Waals surface area contributed by atoms with Gasteiger partial charge in [0.2, 0.25) is 0 Å². The second kappa shape index (κ2) is 4.61. The zero-order valence-electron chi connectivity index (χ0n) is 9.84. The minimum Gasteiger partial charge on any atom is -0.508 e. The maximum Gasteiger partial charge on any atom is 0.270 e. The van der Waals surface area contributed by atoms with E-state index in [4.69, 9.17) is 0 Å². The van der Waals surface area contributed by atoms with Crippen molar-refractivity contribution in [3.8, 4) is 5.75 Å². The highest BCUT2D eigenvalue weighted by Crippen LogP contribution is 2.31. The van der Waals surface area contributed by atoms with Crippen LogP contribution in [0.15, 0.2) is 18.2 Å². The van der Waals surface area contributed by atoms with Crippen molar-refractivity contribution in [2.45, 2.75) is 38.2 Å². The number of benzene rings is 1. The molecule has 2 N–H and O–H groups in total. The van der Waals surface area contributed by atoms with Gasteiger partial charge < -0.3 is 10.4 Å². The Hall–Kier alpha value is -1.16. The molecular formula is C13H17F2NO. The van der Waals surface area contributed by atoms with E-state index in [0.29, 0.717) is 18.0 Å². The number of alkyl halides is 2. The zero-order chi connectivity index (χ0) is 12.5. The maximum absolute atomic E-state index is 13.2. The van der Waals surface area contributed by atoms with Crippen LogP contribution in [0.25, 0.3) is 0 Å². The molecule has 0 radical (unpaired) electrons. The van der Waals surface area contributed by atoms with E-state index >= 15 is 0 Å². The first kappa shape index (κ1) is 12.3. The van der Waals surface area contributed by atoms with Gasteiger partial charge in [-0.2, -0.15) is 0 Å². The van der Waals surface area contributed by atoms with E-state index in [1.807, 2.05) is 0 Å². The van der Waals surface area contributed by atoms with Gasteiger partial charge in [0.25, 0.3) is 5.92 Å². The second-order valence-electron chi connectivity index (χ2n) is 4.73. The van der Waals surface area contributed by atoms with Gasteiger partial charge in [-0.1, -0.05) is 0 Å². The molecule has 0 aliphatic carbocycles. The minimum atomic E-state index is -2.86. The maximum atomic E-state index is 13.2. The smallest absolute Gasteiger partial charge is 0.270 e. The molecule has 1 fully saturated rings. The Balaban J connectivity index is 2.20. The first-order chi connectivity index (χ1) is 7.97. The first-order valence-corrected chi connectivity index (χ1v) is 5.90. The van der Waals surface area contributed by atoms with E-state index in [2.05, 4.69) is 5.32 Å². The fourth-order valence-electron chi connectivity index (χ4n) is 2.22. The van der Waals surface area contributed by atoms with Crippen molar-refractivity contribution < 1.29 is 13.9 Å². The Morgan fingerprint density at radius 2 is 2.24 bits per heavy atom. The summed E-state index contributed by atoms with van der Waals surface area (Å²) in [5, 5.41) is 13.0. The van der Waals surface area contributed by atoms with E-state index in [1.165, 1.54) is 18.2 Å². The predicted molar refractivity (Wildman–Crippen MR) is 62.4 cm³/mol. The fourth-order valence-corrected chi connectivity index (χ4v) is 2.22. The molecule has 1 unspecified atom stereocenters. The van der Waals surface area contributed by atoms with Gasteiger partial charge in [0.1, 0.15) is 5.75 Å². The molecule has 1 saturated heterocycles. The third-order valence-corrected chi connectivity index (χ3v) is 3.22. The molecule has 2 rings (SSSR count). The average Bonchev–Trinajstić information content (AvgIpc) is 2.72. The topological polar surface area (TPSA) is 32.3 Å². The first-order valence-electron chi connectivity index (χ1n) is 5.90. The molecule has 1 aromatic rings. The highest BCUT2D eigenvalue weighted by atomic mass is 19.3. The Bertz CT molecular complexity index is 395. The lowest BCUT2D eigenvalue weighted by molar-refractivity contribution is 0.0173. The molecule has 0 saturated carbocycles. The van der Waals surface area contributed by atoms with Crippen molar-refractivity contribution in [1.29, 1.82) is 0 Å². The number of hydrogen-bond donors (Lipinski definition) is 2. The molecule has 1 heterocycles. The van der Waals surface area contributed by atoms with Crippen molar-refractivity contribution in [3.05, 3.63) is 29.3 Å². The van der Waals surface area contributed by atoms with Gasteiger partial charge in [0.15, 0.2) is 0 Å². The predicted octanol–water partition coefficient (Wildman–Crippen LogP) is 2.80. The molecule has 1 aliphatic rings. The summed E-state index contributed by atoms with van der Waals surface area (Å²) in [5.74, 6) is -2.75. The molecule has 1 atom stereocenters. The minimum absolute atomic E-state index is 0.0386. The zero-order valence-corrected chi connectivity index (χ0v) is 9.84. The number of phenolic OH excluding ortho intramolecular Hbond substituents is 1. The molecule has 4 heteroatoms. The van der Waals surface area contributed by atoms with Gasteiger partial charge >= 0.3 is 0 Å². The summed E-state index contributed by atoms with van der Waals surface area (Å²) in [4.78, 5) is 0.